The van der Waals surface area contributed by atoms with Crippen LogP contribution < -0.4 is 10.8 Å². The maximum Gasteiger partial charge on any atom is 0.431 e. The molecule has 0 fully saturated rings. The summed E-state index contributed by atoms with van der Waals surface area (Å²) in [7, 11) is 1.47. The van der Waals surface area contributed by atoms with Gasteiger partial charge in [0, 0.05) is 7.05 Å². The molecule has 2 N–H and O–H groups in total. The molecule has 2 atom stereocenters. The predicted molar refractivity (Wildman–Crippen MR) is 52.5 cm³/mol. The van der Waals surface area contributed by atoms with Crippen LogP contribution in [0.3, 0.4) is 0 Å². The van der Waals surface area contributed by atoms with E-state index in [4.69, 9.17) is 9.47 Å². The molecule has 1 aliphatic rings. The van der Waals surface area contributed by atoms with Crippen LogP contribution >= 0.6 is 0 Å². The summed E-state index contributed by atoms with van der Waals surface area (Å²) in [4.78, 5) is 15.4. The van der Waals surface area contributed by atoms with Gasteiger partial charge in [-0.25, -0.2) is 4.79 Å². The zero-order valence-electron chi connectivity index (χ0n) is 9.29. The molecule has 1 rings (SSSR count). The predicted octanol–water partition coefficient (Wildman–Crippen LogP) is 0.860. The van der Waals surface area contributed by atoms with Crippen LogP contribution in [0.4, 0.5) is 4.79 Å². The van der Waals surface area contributed by atoms with Crippen LogP contribution in [-0.2, 0) is 14.3 Å². The highest BCUT2D eigenvalue weighted by Crippen LogP contribution is 2.20. The first-order valence-electron chi connectivity index (χ1n) is 4.73. The molecule has 0 aliphatic carbocycles. The molecule has 0 saturated heterocycles. The van der Waals surface area contributed by atoms with Gasteiger partial charge < -0.3 is 19.6 Å². The van der Waals surface area contributed by atoms with Gasteiger partial charge in [-0.15, -0.1) is 0 Å². The van der Waals surface area contributed by atoms with E-state index in [0.29, 0.717) is 11.6 Å². The first-order valence-corrected chi connectivity index (χ1v) is 4.73. The minimum Gasteiger partial charge on any atom is -0.486 e. The molecule has 6 heteroatoms. The van der Waals surface area contributed by atoms with E-state index in [9.17, 15) is 4.79 Å². The average Bonchev–Trinajstić information content (AvgIpc) is 2.21. The Bertz CT molecular complexity index is 277. The average molecular weight is 216 g/mol. The van der Waals surface area contributed by atoms with Gasteiger partial charge in [0.15, 0.2) is 5.76 Å². The molecule has 6 nitrogen and oxygen atoms in total. The molecule has 15 heavy (non-hydrogen) atoms. The van der Waals surface area contributed by atoms with E-state index in [1.165, 1.54) is 7.05 Å². The van der Waals surface area contributed by atoms with Crippen LogP contribution in [0.1, 0.15) is 20.8 Å². The standard InChI is InChI=1S/C9H16N2O4/c1-5-6(2)14-8(7(3)13-5)11-15-9(12)10-4/h5-6,11H,1-4H3,(H,10,12). The van der Waals surface area contributed by atoms with Crippen LogP contribution in [0, 0.1) is 0 Å². The molecule has 1 heterocycles. The molecule has 2 unspecified atom stereocenters. The van der Waals surface area contributed by atoms with Crippen LogP contribution in [0.25, 0.3) is 0 Å². The summed E-state index contributed by atoms with van der Waals surface area (Å²) in [5.41, 5.74) is 2.39. The third-order valence-electron chi connectivity index (χ3n) is 2.09. The Morgan fingerprint density at radius 2 is 1.93 bits per heavy atom. The lowest BCUT2D eigenvalue weighted by molar-refractivity contribution is -0.0733. The van der Waals surface area contributed by atoms with E-state index in [-0.39, 0.29) is 12.2 Å². The molecule has 0 spiro atoms. The zero-order valence-corrected chi connectivity index (χ0v) is 9.29. The molecular weight excluding hydrogens is 200 g/mol. The fraction of sp³-hybridized carbons (Fsp3) is 0.667. The van der Waals surface area contributed by atoms with Gasteiger partial charge in [0.2, 0.25) is 0 Å². The molecule has 0 aromatic rings. The number of carbonyl (C=O) groups excluding carboxylic acids is 1. The first-order chi connectivity index (χ1) is 7.04. The van der Waals surface area contributed by atoms with Gasteiger partial charge in [-0.3, -0.25) is 0 Å². The number of rotatable bonds is 2. The summed E-state index contributed by atoms with van der Waals surface area (Å²) < 4.78 is 10.9. The topological polar surface area (TPSA) is 68.8 Å². The SMILES string of the molecule is CNC(=O)ONC1=C(C)OC(C)C(C)O1. The number of ether oxygens (including phenoxy) is 2. The van der Waals surface area contributed by atoms with Crippen molar-refractivity contribution >= 4 is 6.09 Å². The minimum atomic E-state index is -0.592. The van der Waals surface area contributed by atoms with Crippen LogP contribution in [0.2, 0.25) is 0 Å². The molecule has 1 aliphatic heterocycles. The highest BCUT2D eigenvalue weighted by molar-refractivity contribution is 5.66. The van der Waals surface area contributed by atoms with Crippen molar-refractivity contribution in [2.75, 3.05) is 7.05 Å². The molecule has 0 bridgehead atoms. The smallest absolute Gasteiger partial charge is 0.431 e. The summed E-state index contributed by atoms with van der Waals surface area (Å²) in [6.45, 7) is 5.52. The fourth-order valence-corrected chi connectivity index (χ4v) is 1.03. The Labute approximate surface area is 88.5 Å². The number of hydrogen-bond acceptors (Lipinski definition) is 5. The summed E-state index contributed by atoms with van der Waals surface area (Å²) in [5, 5.41) is 2.30. The van der Waals surface area contributed by atoms with Crippen molar-refractivity contribution in [3.8, 4) is 0 Å². The van der Waals surface area contributed by atoms with Crippen molar-refractivity contribution in [2.24, 2.45) is 0 Å². The quantitative estimate of drug-likeness (QED) is 0.670. The van der Waals surface area contributed by atoms with Crippen LogP contribution in [0.5, 0.6) is 0 Å². The molecule has 86 valence electrons. The van der Waals surface area contributed by atoms with E-state index < -0.39 is 6.09 Å². The Morgan fingerprint density at radius 1 is 1.33 bits per heavy atom. The molecule has 0 saturated carbocycles. The van der Waals surface area contributed by atoms with Gasteiger partial charge >= 0.3 is 6.09 Å². The minimum absolute atomic E-state index is 0.0180. The monoisotopic (exact) mass is 216 g/mol. The second-order valence-corrected chi connectivity index (χ2v) is 3.27. The van der Waals surface area contributed by atoms with Gasteiger partial charge in [0.25, 0.3) is 5.88 Å². The summed E-state index contributed by atoms with van der Waals surface area (Å²) in [6, 6.07) is 0. The lowest BCUT2D eigenvalue weighted by Crippen LogP contribution is -2.36. The molecule has 0 aromatic heterocycles. The van der Waals surface area contributed by atoms with E-state index >= 15 is 0 Å². The van der Waals surface area contributed by atoms with Crippen molar-refractivity contribution in [3.05, 3.63) is 11.6 Å². The van der Waals surface area contributed by atoms with Crippen LogP contribution in [0.15, 0.2) is 11.6 Å². The normalized spacial score (nSPS) is 25.1. The number of nitrogens with one attached hydrogen (secondary N) is 2. The third kappa shape index (κ3) is 2.93. The fourth-order valence-electron chi connectivity index (χ4n) is 1.03. The van der Waals surface area contributed by atoms with E-state index in [1.54, 1.807) is 6.92 Å². The van der Waals surface area contributed by atoms with Crippen molar-refractivity contribution in [3.63, 3.8) is 0 Å². The second kappa shape index (κ2) is 4.77. The Morgan fingerprint density at radius 3 is 2.53 bits per heavy atom. The lowest BCUT2D eigenvalue weighted by atomic mass is 10.2. The first kappa shape index (κ1) is 11.5. The van der Waals surface area contributed by atoms with Gasteiger partial charge in [-0.1, -0.05) is 0 Å². The number of hydroxylamine groups is 1. The molecule has 0 aromatic carbocycles. The van der Waals surface area contributed by atoms with Gasteiger partial charge in [0.1, 0.15) is 12.2 Å². The second-order valence-electron chi connectivity index (χ2n) is 3.27. The third-order valence-corrected chi connectivity index (χ3v) is 2.09. The Hall–Kier alpha value is -1.59. The maximum atomic E-state index is 10.8. The van der Waals surface area contributed by atoms with Crippen molar-refractivity contribution < 1.29 is 19.1 Å². The largest absolute Gasteiger partial charge is 0.486 e. The number of carbonyl (C=O) groups is 1. The van der Waals surface area contributed by atoms with Crippen molar-refractivity contribution in [1.29, 1.82) is 0 Å². The number of allylic oxidation sites excluding steroid dienone is 1. The van der Waals surface area contributed by atoms with Crippen molar-refractivity contribution in [1.82, 2.24) is 10.8 Å². The molecular formula is C9H16N2O4. The molecule has 1 amide bonds. The molecule has 0 radical (unpaired) electrons. The van der Waals surface area contributed by atoms with E-state index in [2.05, 4.69) is 15.6 Å². The van der Waals surface area contributed by atoms with Crippen LogP contribution in [-0.4, -0.2) is 25.3 Å². The Balaban J connectivity index is 2.53. The van der Waals surface area contributed by atoms with E-state index in [0.717, 1.165) is 0 Å². The summed E-state index contributed by atoms with van der Waals surface area (Å²) in [5.74, 6) is 0.883. The lowest BCUT2D eigenvalue weighted by Gasteiger charge is -2.30. The highest BCUT2D eigenvalue weighted by atomic mass is 16.7. The van der Waals surface area contributed by atoms with Gasteiger partial charge in [-0.05, 0) is 20.8 Å². The number of amides is 1. The maximum absolute atomic E-state index is 10.8. The number of hydrogen-bond donors (Lipinski definition) is 2. The van der Waals surface area contributed by atoms with Crippen molar-refractivity contribution in [2.45, 2.75) is 33.0 Å². The van der Waals surface area contributed by atoms with Gasteiger partial charge in [-0.2, -0.15) is 5.48 Å². The van der Waals surface area contributed by atoms with E-state index in [1.807, 2.05) is 13.8 Å². The summed E-state index contributed by atoms with van der Waals surface area (Å²) in [6.07, 6.45) is -0.704. The van der Waals surface area contributed by atoms with Gasteiger partial charge in [0.05, 0.1) is 0 Å². The highest BCUT2D eigenvalue weighted by Gasteiger charge is 2.25. The summed E-state index contributed by atoms with van der Waals surface area (Å²) >= 11 is 0. The Kier molecular flexibility index (Phi) is 3.65. The zero-order chi connectivity index (χ0) is 11.4.